The predicted octanol–water partition coefficient (Wildman–Crippen LogP) is 2.73. The minimum absolute atomic E-state index is 0.246. The van der Waals surface area contributed by atoms with Crippen molar-refractivity contribution in [2.45, 2.75) is 19.9 Å². The first-order valence-corrected chi connectivity index (χ1v) is 6.72. The molecule has 2 aromatic rings. The lowest BCUT2D eigenvalue weighted by Gasteiger charge is -2.06. The summed E-state index contributed by atoms with van der Waals surface area (Å²) < 4.78 is 20.5. The van der Waals surface area contributed by atoms with Crippen molar-refractivity contribution in [3.63, 3.8) is 0 Å². The van der Waals surface area contributed by atoms with E-state index in [0.29, 0.717) is 0 Å². The molecule has 5 heteroatoms. The van der Waals surface area contributed by atoms with Crippen LogP contribution in [0.4, 0.5) is 4.39 Å². The standard InChI is InChI=1S/C15H20FN3O/c1-4-7-17-9-12-10-19(2)18-15(12)11-5-6-14(20-3)13(16)8-11/h5-6,8,10,17H,4,7,9H2,1-3H3. The van der Waals surface area contributed by atoms with Crippen molar-refractivity contribution < 1.29 is 9.13 Å². The third-order valence-electron chi connectivity index (χ3n) is 3.07. The van der Waals surface area contributed by atoms with Gasteiger partial charge in [-0.1, -0.05) is 6.92 Å². The second-order valence-corrected chi connectivity index (χ2v) is 4.70. The normalized spacial score (nSPS) is 10.8. The molecule has 1 aromatic heterocycles. The molecule has 1 N–H and O–H groups in total. The van der Waals surface area contributed by atoms with Crippen molar-refractivity contribution in [2.24, 2.45) is 7.05 Å². The fourth-order valence-corrected chi connectivity index (χ4v) is 2.12. The van der Waals surface area contributed by atoms with Gasteiger partial charge in [-0.05, 0) is 31.2 Å². The van der Waals surface area contributed by atoms with Crippen LogP contribution in [0, 0.1) is 5.82 Å². The van der Waals surface area contributed by atoms with Crippen LogP contribution in [0.5, 0.6) is 5.75 Å². The van der Waals surface area contributed by atoms with E-state index < -0.39 is 0 Å². The first-order chi connectivity index (χ1) is 9.65. The van der Waals surface area contributed by atoms with E-state index in [9.17, 15) is 4.39 Å². The molecule has 0 atom stereocenters. The van der Waals surface area contributed by atoms with Gasteiger partial charge in [-0.15, -0.1) is 0 Å². The molecule has 0 amide bonds. The second kappa shape index (κ2) is 6.52. The van der Waals surface area contributed by atoms with Crippen LogP contribution in [0.2, 0.25) is 0 Å². The number of hydrogen-bond acceptors (Lipinski definition) is 3. The number of aromatic nitrogens is 2. The summed E-state index contributed by atoms with van der Waals surface area (Å²) in [6, 6.07) is 4.92. The van der Waals surface area contributed by atoms with Crippen LogP contribution >= 0.6 is 0 Å². The molecule has 0 aliphatic carbocycles. The minimum atomic E-state index is -0.372. The number of halogens is 1. The maximum Gasteiger partial charge on any atom is 0.165 e. The summed E-state index contributed by atoms with van der Waals surface area (Å²) in [5, 5.41) is 7.77. The number of nitrogens with one attached hydrogen (secondary N) is 1. The average molecular weight is 277 g/mol. The number of hydrogen-bond donors (Lipinski definition) is 1. The van der Waals surface area contributed by atoms with Crippen LogP contribution in [0.15, 0.2) is 24.4 Å². The first kappa shape index (κ1) is 14.5. The predicted molar refractivity (Wildman–Crippen MR) is 77.2 cm³/mol. The molecule has 2 rings (SSSR count). The number of ether oxygens (including phenoxy) is 1. The Labute approximate surface area is 118 Å². The van der Waals surface area contributed by atoms with Gasteiger partial charge in [0.15, 0.2) is 11.6 Å². The zero-order valence-corrected chi connectivity index (χ0v) is 12.1. The zero-order chi connectivity index (χ0) is 14.5. The van der Waals surface area contributed by atoms with Gasteiger partial charge < -0.3 is 10.1 Å². The van der Waals surface area contributed by atoms with Crippen molar-refractivity contribution in [2.75, 3.05) is 13.7 Å². The summed E-state index contributed by atoms with van der Waals surface area (Å²) in [6.07, 6.45) is 3.03. The van der Waals surface area contributed by atoms with Gasteiger partial charge in [0.25, 0.3) is 0 Å². The van der Waals surface area contributed by atoms with Crippen LogP contribution in [0.1, 0.15) is 18.9 Å². The average Bonchev–Trinajstić information content (AvgIpc) is 2.80. The van der Waals surface area contributed by atoms with Gasteiger partial charge in [-0.25, -0.2) is 4.39 Å². The van der Waals surface area contributed by atoms with Crippen molar-refractivity contribution in [3.8, 4) is 17.0 Å². The highest BCUT2D eigenvalue weighted by Crippen LogP contribution is 2.26. The third-order valence-corrected chi connectivity index (χ3v) is 3.07. The van der Waals surface area contributed by atoms with Crippen LogP contribution < -0.4 is 10.1 Å². The Hall–Kier alpha value is -1.88. The van der Waals surface area contributed by atoms with Crippen molar-refractivity contribution in [3.05, 3.63) is 35.8 Å². The summed E-state index contributed by atoms with van der Waals surface area (Å²) in [4.78, 5) is 0. The molecular weight excluding hydrogens is 257 g/mol. The van der Waals surface area contributed by atoms with Gasteiger partial charge in [-0.3, -0.25) is 4.68 Å². The fourth-order valence-electron chi connectivity index (χ4n) is 2.12. The van der Waals surface area contributed by atoms with E-state index in [0.717, 1.165) is 36.3 Å². The van der Waals surface area contributed by atoms with E-state index in [2.05, 4.69) is 17.3 Å². The van der Waals surface area contributed by atoms with Crippen LogP contribution in [-0.2, 0) is 13.6 Å². The summed E-state index contributed by atoms with van der Waals surface area (Å²) in [7, 11) is 3.33. The maximum absolute atomic E-state index is 13.8. The van der Waals surface area contributed by atoms with E-state index in [4.69, 9.17) is 4.74 Å². The topological polar surface area (TPSA) is 39.1 Å². The Bertz CT molecular complexity index is 580. The summed E-state index contributed by atoms with van der Waals surface area (Å²) in [6.45, 7) is 3.80. The van der Waals surface area contributed by atoms with Crippen molar-refractivity contribution in [1.29, 1.82) is 0 Å². The molecule has 4 nitrogen and oxygen atoms in total. The molecule has 20 heavy (non-hydrogen) atoms. The van der Waals surface area contributed by atoms with E-state index in [1.165, 1.54) is 13.2 Å². The first-order valence-electron chi connectivity index (χ1n) is 6.72. The molecular formula is C15H20FN3O. The molecule has 0 unspecified atom stereocenters. The van der Waals surface area contributed by atoms with Gasteiger partial charge in [0.2, 0.25) is 0 Å². The Morgan fingerprint density at radius 2 is 2.20 bits per heavy atom. The Morgan fingerprint density at radius 3 is 2.85 bits per heavy atom. The monoisotopic (exact) mass is 277 g/mol. The van der Waals surface area contributed by atoms with Gasteiger partial charge in [0.05, 0.1) is 12.8 Å². The number of benzene rings is 1. The fraction of sp³-hybridized carbons (Fsp3) is 0.400. The van der Waals surface area contributed by atoms with Gasteiger partial charge in [0, 0.05) is 30.9 Å². The van der Waals surface area contributed by atoms with Gasteiger partial charge >= 0.3 is 0 Å². The quantitative estimate of drug-likeness (QED) is 0.825. The van der Waals surface area contributed by atoms with Crippen molar-refractivity contribution >= 4 is 0 Å². The highest BCUT2D eigenvalue weighted by Gasteiger charge is 2.12. The zero-order valence-electron chi connectivity index (χ0n) is 12.1. The van der Waals surface area contributed by atoms with E-state index in [1.807, 2.05) is 19.3 Å². The molecule has 0 radical (unpaired) electrons. The third kappa shape index (κ3) is 3.17. The Kier molecular flexibility index (Phi) is 4.74. The summed E-state index contributed by atoms with van der Waals surface area (Å²) in [5.74, 6) is -0.126. The highest BCUT2D eigenvalue weighted by atomic mass is 19.1. The molecule has 1 heterocycles. The lowest BCUT2D eigenvalue weighted by atomic mass is 10.1. The molecule has 0 fully saturated rings. The highest BCUT2D eigenvalue weighted by molar-refractivity contribution is 5.63. The van der Waals surface area contributed by atoms with Crippen molar-refractivity contribution in [1.82, 2.24) is 15.1 Å². The van der Waals surface area contributed by atoms with Crippen LogP contribution in [-0.4, -0.2) is 23.4 Å². The number of methoxy groups -OCH3 is 1. The number of nitrogens with zero attached hydrogens (tertiary/aromatic N) is 2. The number of aryl methyl sites for hydroxylation is 1. The Balaban J connectivity index is 2.29. The van der Waals surface area contributed by atoms with Gasteiger partial charge in [0.1, 0.15) is 0 Å². The molecule has 0 saturated heterocycles. The Morgan fingerprint density at radius 1 is 1.40 bits per heavy atom. The van der Waals surface area contributed by atoms with E-state index in [-0.39, 0.29) is 11.6 Å². The molecule has 0 aliphatic rings. The van der Waals surface area contributed by atoms with E-state index in [1.54, 1.807) is 10.7 Å². The minimum Gasteiger partial charge on any atom is -0.494 e. The number of rotatable bonds is 6. The van der Waals surface area contributed by atoms with Crippen LogP contribution in [0.3, 0.4) is 0 Å². The molecule has 0 aliphatic heterocycles. The smallest absolute Gasteiger partial charge is 0.165 e. The lowest BCUT2D eigenvalue weighted by molar-refractivity contribution is 0.386. The van der Waals surface area contributed by atoms with Gasteiger partial charge in [-0.2, -0.15) is 5.10 Å². The van der Waals surface area contributed by atoms with E-state index >= 15 is 0 Å². The molecule has 0 bridgehead atoms. The largest absolute Gasteiger partial charge is 0.494 e. The molecule has 1 aromatic carbocycles. The van der Waals surface area contributed by atoms with Crippen LogP contribution in [0.25, 0.3) is 11.3 Å². The molecule has 0 spiro atoms. The summed E-state index contributed by atoms with van der Waals surface area (Å²) >= 11 is 0. The molecule has 108 valence electrons. The maximum atomic E-state index is 13.8. The second-order valence-electron chi connectivity index (χ2n) is 4.70. The SMILES string of the molecule is CCCNCc1cn(C)nc1-c1ccc(OC)c(F)c1. The summed E-state index contributed by atoms with van der Waals surface area (Å²) in [5.41, 5.74) is 2.63. The lowest BCUT2D eigenvalue weighted by Crippen LogP contribution is -2.13. The molecule has 0 saturated carbocycles.